The average molecular weight is 269 g/mol. The molecule has 0 fully saturated rings. The van der Waals surface area contributed by atoms with Gasteiger partial charge < -0.3 is 9.88 Å². The molecule has 0 aliphatic rings. The molecule has 2 heterocycles. The third-order valence-electron chi connectivity index (χ3n) is 3.17. The molecule has 0 aliphatic carbocycles. The number of nitrogens with one attached hydrogen (secondary N) is 1. The highest BCUT2D eigenvalue weighted by molar-refractivity contribution is 6.07. The minimum atomic E-state index is -0.333. The second-order valence-corrected chi connectivity index (χ2v) is 4.48. The first-order valence-electron chi connectivity index (χ1n) is 6.11. The molecule has 1 aromatic carbocycles. The highest BCUT2D eigenvalue weighted by Gasteiger charge is 2.15. The van der Waals surface area contributed by atoms with Crippen molar-refractivity contribution in [3.63, 3.8) is 0 Å². The summed E-state index contributed by atoms with van der Waals surface area (Å²) >= 11 is 0. The number of carbonyl (C=O) groups is 1. The van der Waals surface area contributed by atoms with Crippen LogP contribution in [-0.4, -0.2) is 22.9 Å². The molecule has 20 heavy (non-hydrogen) atoms. The number of aromatic nitrogens is 2. The smallest absolute Gasteiger partial charge is 0.274 e. The van der Waals surface area contributed by atoms with Gasteiger partial charge in [-0.25, -0.2) is 4.39 Å². The first kappa shape index (κ1) is 12.3. The van der Waals surface area contributed by atoms with Crippen LogP contribution in [0.2, 0.25) is 0 Å². The largest absolute Gasteiger partial charge is 0.350 e. The van der Waals surface area contributed by atoms with E-state index in [9.17, 15) is 9.18 Å². The molecule has 0 atom stereocenters. The van der Waals surface area contributed by atoms with E-state index in [0.717, 1.165) is 11.1 Å². The standard InChI is InChI=1S/C15H12FN3O/c1-19(12-4-6-17-7-5-12)15(20)14-8-10-2-3-11(16)9-13(10)18-14/h2-9,18H,1H3. The Hall–Kier alpha value is -2.69. The van der Waals surface area contributed by atoms with Crippen LogP contribution in [0.1, 0.15) is 10.5 Å². The molecule has 1 N–H and O–H groups in total. The Morgan fingerprint density at radius 3 is 2.70 bits per heavy atom. The molecule has 100 valence electrons. The molecule has 0 radical (unpaired) electrons. The van der Waals surface area contributed by atoms with E-state index in [1.807, 2.05) is 0 Å². The SMILES string of the molecule is CN(C(=O)c1cc2ccc(F)cc2[nH]1)c1ccncc1. The summed E-state index contributed by atoms with van der Waals surface area (Å²) in [6.07, 6.45) is 3.25. The van der Waals surface area contributed by atoms with E-state index in [-0.39, 0.29) is 11.7 Å². The Balaban J connectivity index is 1.96. The topological polar surface area (TPSA) is 49.0 Å². The minimum Gasteiger partial charge on any atom is -0.350 e. The molecule has 3 rings (SSSR count). The van der Waals surface area contributed by atoms with E-state index in [4.69, 9.17) is 0 Å². The summed E-state index contributed by atoms with van der Waals surface area (Å²) in [5.74, 6) is -0.520. The van der Waals surface area contributed by atoms with Gasteiger partial charge in [-0.3, -0.25) is 9.78 Å². The number of pyridine rings is 1. The number of amides is 1. The van der Waals surface area contributed by atoms with Crippen LogP contribution >= 0.6 is 0 Å². The molecule has 1 amide bonds. The number of fused-ring (bicyclic) bond motifs is 1. The first-order chi connectivity index (χ1) is 9.65. The van der Waals surface area contributed by atoms with Crippen molar-refractivity contribution < 1.29 is 9.18 Å². The third kappa shape index (κ3) is 2.14. The summed E-state index contributed by atoms with van der Waals surface area (Å²) in [7, 11) is 1.68. The lowest BCUT2D eigenvalue weighted by molar-refractivity contribution is 0.0989. The van der Waals surface area contributed by atoms with Crippen molar-refractivity contribution in [2.75, 3.05) is 11.9 Å². The van der Waals surface area contributed by atoms with Crippen molar-refractivity contribution in [1.82, 2.24) is 9.97 Å². The normalized spacial score (nSPS) is 10.7. The van der Waals surface area contributed by atoms with E-state index < -0.39 is 0 Å². The molecule has 0 saturated heterocycles. The second-order valence-electron chi connectivity index (χ2n) is 4.48. The van der Waals surface area contributed by atoms with Gasteiger partial charge in [0.05, 0.1) is 0 Å². The van der Waals surface area contributed by atoms with Crippen molar-refractivity contribution in [3.05, 3.63) is 60.3 Å². The summed E-state index contributed by atoms with van der Waals surface area (Å²) in [6, 6.07) is 9.61. The fourth-order valence-electron chi connectivity index (χ4n) is 2.08. The number of hydrogen-bond acceptors (Lipinski definition) is 2. The lowest BCUT2D eigenvalue weighted by Gasteiger charge is -2.15. The number of benzene rings is 1. The van der Waals surface area contributed by atoms with Crippen LogP contribution in [0.15, 0.2) is 48.8 Å². The van der Waals surface area contributed by atoms with Gasteiger partial charge in [-0.15, -0.1) is 0 Å². The average Bonchev–Trinajstić information content (AvgIpc) is 2.89. The molecule has 0 spiro atoms. The van der Waals surface area contributed by atoms with Gasteiger partial charge in [-0.2, -0.15) is 0 Å². The number of rotatable bonds is 2. The zero-order chi connectivity index (χ0) is 14.1. The molecule has 5 heteroatoms. The van der Waals surface area contributed by atoms with Crippen LogP contribution in [0.4, 0.5) is 10.1 Å². The van der Waals surface area contributed by atoms with E-state index >= 15 is 0 Å². The summed E-state index contributed by atoms with van der Waals surface area (Å²) < 4.78 is 13.1. The fraction of sp³-hybridized carbons (Fsp3) is 0.0667. The molecular weight excluding hydrogens is 257 g/mol. The van der Waals surface area contributed by atoms with Crippen LogP contribution < -0.4 is 4.90 Å². The quantitative estimate of drug-likeness (QED) is 0.777. The van der Waals surface area contributed by atoms with E-state index in [1.54, 1.807) is 43.7 Å². The number of halogens is 1. The molecule has 0 saturated carbocycles. The number of anilines is 1. The monoisotopic (exact) mass is 269 g/mol. The van der Waals surface area contributed by atoms with Crippen LogP contribution in [0.5, 0.6) is 0 Å². The maximum absolute atomic E-state index is 13.1. The molecule has 0 bridgehead atoms. The molecular formula is C15H12FN3O. The molecule has 4 nitrogen and oxygen atoms in total. The Bertz CT molecular complexity index is 767. The lowest BCUT2D eigenvalue weighted by Crippen LogP contribution is -2.26. The number of H-pyrrole nitrogens is 1. The third-order valence-corrected chi connectivity index (χ3v) is 3.17. The minimum absolute atomic E-state index is 0.187. The van der Waals surface area contributed by atoms with Gasteiger partial charge in [0, 0.05) is 36.0 Å². The summed E-state index contributed by atoms with van der Waals surface area (Å²) in [5.41, 5.74) is 1.77. The fourth-order valence-corrected chi connectivity index (χ4v) is 2.08. The predicted molar refractivity (Wildman–Crippen MR) is 75.2 cm³/mol. The maximum Gasteiger partial charge on any atom is 0.274 e. The van der Waals surface area contributed by atoms with Crippen molar-refractivity contribution >= 4 is 22.5 Å². The van der Waals surface area contributed by atoms with Gasteiger partial charge in [0.2, 0.25) is 0 Å². The van der Waals surface area contributed by atoms with Crippen LogP contribution in [0.3, 0.4) is 0 Å². The number of hydrogen-bond donors (Lipinski definition) is 1. The van der Waals surface area contributed by atoms with E-state index in [1.165, 1.54) is 17.0 Å². The summed E-state index contributed by atoms with van der Waals surface area (Å²) in [5, 5.41) is 0.804. The Kier molecular flexibility index (Phi) is 2.95. The Morgan fingerprint density at radius 2 is 1.95 bits per heavy atom. The van der Waals surface area contributed by atoms with E-state index in [0.29, 0.717) is 11.2 Å². The van der Waals surface area contributed by atoms with Crippen LogP contribution in [0, 0.1) is 5.82 Å². The highest BCUT2D eigenvalue weighted by Crippen LogP contribution is 2.19. The van der Waals surface area contributed by atoms with Crippen LogP contribution in [0.25, 0.3) is 10.9 Å². The zero-order valence-corrected chi connectivity index (χ0v) is 10.8. The summed E-state index contributed by atoms with van der Waals surface area (Å²) in [6.45, 7) is 0. The Labute approximate surface area is 114 Å². The Morgan fingerprint density at radius 1 is 1.20 bits per heavy atom. The van der Waals surface area contributed by atoms with Crippen molar-refractivity contribution in [3.8, 4) is 0 Å². The number of carbonyl (C=O) groups excluding carboxylic acids is 1. The van der Waals surface area contributed by atoms with Gasteiger partial charge in [0.25, 0.3) is 5.91 Å². The van der Waals surface area contributed by atoms with Crippen LogP contribution in [-0.2, 0) is 0 Å². The number of nitrogens with zero attached hydrogens (tertiary/aromatic N) is 2. The lowest BCUT2D eigenvalue weighted by atomic mass is 10.2. The number of aromatic amines is 1. The second kappa shape index (κ2) is 4.77. The van der Waals surface area contributed by atoms with E-state index in [2.05, 4.69) is 9.97 Å². The zero-order valence-electron chi connectivity index (χ0n) is 10.8. The van der Waals surface area contributed by atoms with Gasteiger partial charge in [0.1, 0.15) is 11.5 Å². The molecule has 3 aromatic rings. The predicted octanol–water partition coefficient (Wildman–Crippen LogP) is 2.98. The van der Waals surface area contributed by atoms with Gasteiger partial charge in [0.15, 0.2) is 0 Å². The molecule has 2 aromatic heterocycles. The first-order valence-corrected chi connectivity index (χ1v) is 6.11. The van der Waals surface area contributed by atoms with Gasteiger partial charge in [-0.05, 0) is 36.4 Å². The highest BCUT2D eigenvalue weighted by atomic mass is 19.1. The maximum atomic E-state index is 13.1. The summed E-state index contributed by atoms with van der Waals surface area (Å²) in [4.78, 5) is 20.8. The van der Waals surface area contributed by atoms with Gasteiger partial charge in [-0.1, -0.05) is 0 Å². The van der Waals surface area contributed by atoms with Gasteiger partial charge >= 0.3 is 0 Å². The molecule has 0 aliphatic heterocycles. The van der Waals surface area contributed by atoms with Crippen molar-refractivity contribution in [2.24, 2.45) is 0 Å². The van der Waals surface area contributed by atoms with Crippen molar-refractivity contribution in [2.45, 2.75) is 0 Å². The van der Waals surface area contributed by atoms with Crippen molar-refractivity contribution in [1.29, 1.82) is 0 Å². The molecule has 0 unspecified atom stereocenters.